The molecule has 0 radical (unpaired) electrons. The smallest absolute Gasteiger partial charge is 0.409 e. The number of amides is 2. The van der Waals surface area contributed by atoms with Gasteiger partial charge in [0.25, 0.3) is 0 Å². The van der Waals surface area contributed by atoms with Gasteiger partial charge in [0, 0.05) is 13.1 Å². The number of nitrogens with zero attached hydrogens (tertiary/aromatic N) is 1. The van der Waals surface area contributed by atoms with Crippen molar-refractivity contribution in [2.75, 3.05) is 19.7 Å². The van der Waals surface area contributed by atoms with Gasteiger partial charge >= 0.3 is 6.09 Å². The highest BCUT2D eigenvalue weighted by molar-refractivity contribution is 5.78. The van der Waals surface area contributed by atoms with Crippen LogP contribution in [-0.2, 0) is 9.53 Å². The standard InChI is InChI=1S/C11H20N2O3/c1-8(2)7-16-11(15)13-5-3-4-9(6-13)10(12)14/h8-9H,3-7H2,1-2H3,(H2,12,14)/t9-/m1/s1. The Balaban J connectivity index is 2.41. The number of nitrogens with two attached hydrogens (primary N) is 1. The quantitative estimate of drug-likeness (QED) is 0.782. The van der Waals surface area contributed by atoms with Gasteiger partial charge in [-0.15, -0.1) is 0 Å². The van der Waals surface area contributed by atoms with Gasteiger partial charge in [0.2, 0.25) is 5.91 Å². The largest absolute Gasteiger partial charge is 0.449 e. The molecule has 1 aliphatic heterocycles. The average Bonchev–Trinajstić information content (AvgIpc) is 2.26. The second-order valence-electron chi connectivity index (χ2n) is 4.66. The average molecular weight is 228 g/mol. The number of hydrogen-bond acceptors (Lipinski definition) is 3. The molecule has 0 aromatic rings. The van der Waals surface area contributed by atoms with Crippen molar-refractivity contribution in [3.63, 3.8) is 0 Å². The molecule has 92 valence electrons. The molecule has 16 heavy (non-hydrogen) atoms. The van der Waals surface area contributed by atoms with E-state index in [1.54, 1.807) is 4.90 Å². The molecular weight excluding hydrogens is 208 g/mol. The molecule has 0 spiro atoms. The zero-order valence-corrected chi connectivity index (χ0v) is 9.94. The van der Waals surface area contributed by atoms with E-state index in [0.29, 0.717) is 25.6 Å². The maximum atomic E-state index is 11.6. The van der Waals surface area contributed by atoms with Gasteiger partial charge in [0.15, 0.2) is 0 Å². The molecular formula is C11H20N2O3. The molecule has 2 amide bonds. The topological polar surface area (TPSA) is 72.6 Å². The minimum Gasteiger partial charge on any atom is -0.449 e. The number of primary amides is 1. The van der Waals surface area contributed by atoms with Gasteiger partial charge in [-0.25, -0.2) is 4.79 Å². The summed E-state index contributed by atoms with van der Waals surface area (Å²) in [5.41, 5.74) is 5.23. The Hall–Kier alpha value is -1.26. The number of hydrogen-bond donors (Lipinski definition) is 1. The molecule has 0 bridgehead atoms. The molecule has 1 heterocycles. The summed E-state index contributed by atoms with van der Waals surface area (Å²) in [4.78, 5) is 24.2. The van der Waals surface area contributed by atoms with Crippen molar-refractivity contribution in [1.82, 2.24) is 4.90 Å². The predicted octanol–water partition coefficient (Wildman–Crippen LogP) is 0.976. The van der Waals surface area contributed by atoms with Gasteiger partial charge in [0.05, 0.1) is 12.5 Å². The molecule has 2 N–H and O–H groups in total. The maximum absolute atomic E-state index is 11.6. The normalized spacial score (nSPS) is 20.9. The van der Waals surface area contributed by atoms with E-state index in [-0.39, 0.29) is 17.9 Å². The van der Waals surface area contributed by atoms with Crippen molar-refractivity contribution in [3.05, 3.63) is 0 Å². The fourth-order valence-electron chi connectivity index (χ4n) is 1.70. The highest BCUT2D eigenvalue weighted by Crippen LogP contribution is 2.16. The van der Waals surface area contributed by atoms with Crippen LogP contribution in [0.4, 0.5) is 4.79 Å². The van der Waals surface area contributed by atoms with E-state index in [1.807, 2.05) is 13.8 Å². The van der Waals surface area contributed by atoms with Crippen LogP contribution >= 0.6 is 0 Å². The molecule has 1 aliphatic rings. The predicted molar refractivity (Wildman–Crippen MR) is 59.7 cm³/mol. The lowest BCUT2D eigenvalue weighted by Gasteiger charge is -2.30. The molecule has 1 atom stereocenters. The third-order valence-corrected chi connectivity index (χ3v) is 2.62. The molecule has 0 aromatic heterocycles. The van der Waals surface area contributed by atoms with E-state index in [0.717, 1.165) is 12.8 Å². The summed E-state index contributed by atoms with van der Waals surface area (Å²) in [5, 5.41) is 0. The highest BCUT2D eigenvalue weighted by Gasteiger charge is 2.27. The Morgan fingerprint density at radius 3 is 2.75 bits per heavy atom. The Kier molecular flexibility index (Phi) is 4.58. The summed E-state index contributed by atoms with van der Waals surface area (Å²) in [6.07, 6.45) is 1.24. The van der Waals surface area contributed by atoms with Crippen molar-refractivity contribution in [2.45, 2.75) is 26.7 Å². The summed E-state index contributed by atoms with van der Waals surface area (Å²) in [6, 6.07) is 0. The van der Waals surface area contributed by atoms with E-state index < -0.39 is 0 Å². The minimum absolute atomic E-state index is 0.222. The SMILES string of the molecule is CC(C)COC(=O)N1CCC[C@@H](C(N)=O)C1. The zero-order chi connectivity index (χ0) is 12.1. The van der Waals surface area contributed by atoms with Crippen molar-refractivity contribution >= 4 is 12.0 Å². The second-order valence-corrected chi connectivity index (χ2v) is 4.66. The Bertz CT molecular complexity index is 266. The Morgan fingerprint density at radius 2 is 2.19 bits per heavy atom. The minimum atomic E-state index is -0.334. The maximum Gasteiger partial charge on any atom is 0.409 e. The fourth-order valence-corrected chi connectivity index (χ4v) is 1.70. The number of carbonyl (C=O) groups is 2. The molecule has 1 rings (SSSR count). The first kappa shape index (κ1) is 12.8. The monoisotopic (exact) mass is 228 g/mol. The van der Waals surface area contributed by atoms with Crippen molar-refractivity contribution in [1.29, 1.82) is 0 Å². The molecule has 5 nitrogen and oxygen atoms in total. The van der Waals surface area contributed by atoms with E-state index in [4.69, 9.17) is 10.5 Å². The van der Waals surface area contributed by atoms with Crippen LogP contribution < -0.4 is 5.73 Å². The molecule has 0 unspecified atom stereocenters. The van der Waals surface area contributed by atoms with Gasteiger partial charge in [0.1, 0.15) is 0 Å². The first-order chi connectivity index (χ1) is 7.50. The second kappa shape index (κ2) is 5.72. The van der Waals surface area contributed by atoms with Crippen molar-refractivity contribution < 1.29 is 14.3 Å². The summed E-state index contributed by atoms with van der Waals surface area (Å²) < 4.78 is 5.11. The lowest BCUT2D eigenvalue weighted by atomic mass is 9.98. The van der Waals surface area contributed by atoms with Gasteiger partial charge in [-0.3, -0.25) is 4.79 Å². The van der Waals surface area contributed by atoms with Gasteiger partial charge in [-0.1, -0.05) is 13.8 Å². The van der Waals surface area contributed by atoms with Crippen LogP contribution in [0, 0.1) is 11.8 Å². The highest BCUT2D eigenvalue weighted by atomic mass is 16.6. The third-order valence-electron chi connectivity index (χ3n) is 2.62. The Labute approximate surface area is 95.9 Å². The zero-order valence-electron chi connectivity index (χ0n) is 9.94. The van der Waals surface area contributed by atoms with E-state index >= 15 is 0 Å². The van der Waals surface area contributed by atoms with Crippen molar-refractivity contribution in [3.8, 4) is 0 Å². The lowest BCUT2D eigenvalue weighted by Crippen LogP contribution is -2.44. The summed E-state index contributed by atoms with van der Waals surface area (Å²) in [6.45, 7) is 5.43. The third kappa shape index (κ3) is 3.72. The van der Waals surface area contributed by atoms with E-state index in [1.165, 1.54) is 0 Å². The molecule has 0 aromatic carbocycles. The van der Waals surface area contributed by atoms with E-state index in [9.17, 15) is 9.59 Å². The lowest BCUT2D eigenvalue weighted by molar-refractivity contribution is -0.123. The van der Waals surface area contributed by atoms with Gasteiger partial charge < -0.3 is 15.4 Å². The number of rotatable bonds is 3. The molecule has 0 aliphatic carbocycles. The number of likely N-dealkylation sites (tertiary alicyclic amines) is 1. The fraction of sp³-hybridized carbons (Fsp3) is 0.818. The summed E-state index contributed by atoms with van der Waals surface area (Å²) in [5.74, 6) is -0.234. The molecule has 1 fully saturated rings. The van der Waals surface area contributed by atoms with Crippen molar-refractivity contribution in [2.24, 2.45) is 17.6 Å². The van der Waals surface area contributed by atoms with Crippen LogP contribution in [0.3, 0.4) is 0 Å². The molecule has 1 saturated heterocycles. The van der Waals surface area contributed by atoms with Gasteiger partial charge in [-0.2, -0.15) is 0 Å². The number of ether oxygens (including phenoxy) is 1. The van der Waals surface area contributed by atoms with Crippen LogP contribution in [0.5, 0.6) is 0 Å². The number of piperidine rings is 1. The van der Waals surface area contributed by atoms with Crippen LogP contribution in [0.25, 0.3) is 0 Å². The molecule has 5 heteroatoms. The van der Waals surface area contributed by atoms with Crippen LogP contribution in [0.1, 0.15) is 26.7 Å². The van der Waals surface area contributed by atoms with E-state index in [2.05, 4.69) is 0 Å². The number of carbonyl (C=O) groups excluding carboxylic acids is 2. The first-order valence-corrected chi connectivity index (χ1v) is 5.71. The van der Waals surface area contributed by atoms with Crippen LogP contribution in [0.15, 0.2) is 0 Å². The van der Waals surface area contributed by atoms with Gasteiger partial charge in [-0.05, 0) is 18.8 Å². The summed E-state index contributed by atoms with van der Waals surface area (Å²) in [7, 11) is 0. The summed E-state index contributed by atoms with van der Waals surface area (Å²) >= 11 is 0. The van der Waals surface area contributed by atoms with Crippen LogP contribution in [0.2, 0.25) is 0 Å². The van der Waals surface area contributed by atoms with Crippen LogP contribution in [-0.4, -0.2) is 36.6 Å². The Morgan fingerprint density at radius 1 is 1.50 bits per heavy atom. The molecule has 0 saturated carbocycles. The first-order valence-electron chi connectivity index (χ1n) is 5.71.